The Labute approximate surface area is 126 Å². The standard InChI is InChI=1S/C16H24N2O3/c1-19-16-13(15-11-18-8-9-20-15)5-2-6-14(16)21-12-4-3-7-17-10-12/h2,5-6,12,15,17-18H,3-4,7-11H2,1H3. The van der Waals surface area contributed by atoms with Gasteiger partial charge < -0.3 is 24.8 Å². The average Bonchev–Trinajstić information content (AvgIpc) is 2.56. The van der Waals surface area contributed by atoms with Gasteiger partial charge >= 0.3 is 0 Å². The van der Waals surface area contributed by atoms with Crippen molar-refractivity contribution in [3.8, 4) is 11.5 Å². The smallest absolute Gasteiger partial charge is 0.166 e. The van der Waals surface area contributed by atoms with Crippen molar-refractivity contribution in [2.75, 3.05) is 39.9 Å². The molecule has 2 fully saturated rings. The van der Waals surface area contributed by atoms with Crippen molar-refractivity contribution >= 4 is 0 Å². The minimum atomic E-state index is 0.0294. The highest BCUT2D eigenvalue weighted by molar-refractivity contribution is 5.48. The molecule has 0 aliphatic carbocycles. The number of hydrogen-bond donors (Lipinski definition) is 2. The summed E-state index contributed by atoms with van der Waals surface area (Å²) in [5.74, 6) is 1.62. The molecule has 0 saturated carbocycles. The molecule has 116 valence electrons. The summed E-state index contributed by atoms with van der Waals surface area (Å²) < 4.78 is 17.6. The predicted molar refractivity (Wildman–Crippen MR) is 81.1 cm³/mol. The second-order valence-corrected chi connectivity index (χ2v) is 5.53. The van der Waals surface area contributed by atoms with Crippen LogP contribution in [0.3, 0.4) is 0 Å². The molecule has 0 amide bonds. The molecule has 1 aromatic carbocycles. The first-order valence-electron chi connectivity index (χ1n) is 7.75. The highest BCUT2D eigenvalue weighted by Gasteiger charge is 2.23. The van der Waals surface area contributed by atoms with Gasteiger partial charge in [-0.25, -0.2) is 0 Å². The van der Waals surface area contributed by atoms with Crippen molar-refractivity contribution < 1.29 is 14.2 Å². The van der Waals surface area contributed by atoms with E-state index >= 15 is 0 Å². The minimum Gasteiger partial charge on any atom is -0.492 e. The highest BCUT2D eigenvalue weighted by atomic mass is 16.5. The number of morpholine rings is 1. The van der Waals surface area contributed by atoms with Gasteiger partial charge in [0.2, 0.25) is 0 Å². The lowest BCUT2D eigenvalue weighted by molar-refractivity contribution is 0.0258. The Hall–Kier alpha value is -1.30. The molecular formula is C16H24N2O3. The molecule has 1 aromatic rings. The summed E-state index contributed by atoms with van der Waals surface area (Å²) >= 11 is 0. The molecule has 2 aliphatic heterocycles. The third-order valence-corrected chi connectivity index (χ3v) is 4.03. The lowest BCUT2D eigenvalue weighted by atomic mass is 10.1. The van der Waals surface area contributed by atoms with Crippen LogP contribution in [-0.2, 0) is 4.74 Å². The summed E-state index contributed by atoms with van der Waals surface area (Å²) in [5, 5.41) is 6.72. The molecule has 21 heavy (non-hydrogen) atoms. The van der Waals surface area contributed by atoms with E-state index in [9.17, 15) is 0 Å². The summed E-state index contributed by atoms with van der Waals surface area (Å²) in [7, 11) is 1.70. The molecule has 2 atom stereocenters. The van der Waals surface area contributed by atoms with Crippen molar-refractivity contribution in [2.24, 2.45) is 0 Å². The summed E-state index contributed by atoms with van der Waals surface area (Å²) in [4.78, 5) is 0. The zero-order chi connectivity index (χ0) is 14.5. The normalized spacial score (nSPS) is 26.3. The molecule has 2 saturated heterocycles. The van der Waals surface area contributed by atoms with Crippen LogP contribution < -0.4 is 20.1 Å². The van der Waals surface area contributed by atoms with Crippen LogP contribution in [0.4, 0.5) is 0 Å². The maximum Gasteiger partial charge on any atom is 0.166 e. The molecular weight excluding hydrogens is 268 g/mol. The van der Waals surface area contributed by atoms with Crippen LogP contribution in [0.15, 0.2) is 18.2 Å². The van der Waals surface area contributed by atoms with E-state index in [-0.39, 0.29) is 12.2 Å². The van der Waals surface area contributed by atoms with Gasteiger partial charge in [0.1, 0.15) is 6.10 Å². The van der Waals surface area contributed by atoms with Gasteiger partial charge in [-0.3, -0.25) is 0 Å². The van der Waals surface area contributed by atoms with Crippen LogP contribution in [0.25, 0.3) is 0 Å². The summed E-state index contributed by atoms with van der Waals surface area (Å²) in [5.41, 5.74) is 1.06. The number of benzene rings is 1. The van der Waals surface area contributed by atoms with E-state index < -0.39 is 0 Å². The van der Waals surface area contributed by atoms with Crippen LogP contribution in [-0.4, -0.2) is 46.0 Å². The maximum absolute atomic E-state index is 6.15. The summed E-state index contributed by atoms with van der Waals surface area (Å²) in [6.07, 6.45) is 2.49. The Morgan fingerprint density at radius 2 is 2.10 bits per heavy atom. The summed E-state index contributed by atoms with van der Waals surface area (Å²) in [6, 6.07) is 6.05. The van der Waals surface area contributed by atoms with E-state index in [1.807, 2.05) is 12.1 Å². The van der Waals surface area contributed by atoms with Gasteiger partial charge in [-0.15, -0.1) is 0 Å². The third kappa shape index (κ3) is 3.48. The van der Waals surface area contributed by atoms with Crippen LogP contribution in [0.5, 0.6) is 11.5 Å². The van der Waals surface area contributed by atoms with Crippen molar-refractivity contribution in [1.82, 2.24) is 10.6 Å². The number of methoxy groups -OCH3 is 1. The third-order valence-electron chi connectivity index (χ3n) is 4.03. The van der Waals surface area contributed by atoms with Gasteiger partial charge in [0, 0.05) is 25.2 Å². The Morgan fingerprint density at radius 3 is 2.81 bits per heavy atom. The molecule has 2 unspecified atom stereocenters. The fraction of sp³-hybridized carbons (Fsp3) is 0.625. The predicted octanol–water partition coefficient (Wildman–Crippen LogP) is 1.49. The molecule has 0 spiro atoms. The topological polar surface area (TPSA) is 51.8 Å². The SMILES string of the molecule is COc1c(OC2CCCNC2)cccc1C1CNCCO1. The first-order valence-corrected chi connectivity index (χ1v) is 7.75. The van der Waals surface area contributed by atoms with Gasteiger partial charge in [-0.05, 0) is 25.5 Å². The van der Waals surface area contributed by atoms with Crippen molar-refractivity contribution in [1.29, 1.82) is 0 Å². The average molecular weight is 292 g/mol. The van der Waals surface area contributed by atoms with Gasteiger partial charge in [-0.2, -0.15) is 0 Å². The van der Waals surface area contributed by atoms with E-state index in [2.05, 4.69) is 16.7 Å². The number of nitrogens with one attached hydrogen (secondary N) is 2. The maximum atomic E-state index is 6.15. The van der Waals surface area contributed by atoms with E-state index in [0.717, 1.165) is 62.7 Å². The molecule has 0 radical (unpaired) electrons. The minimum absolute atomic E-state index is 0.0294. The molecule has 2 heterocycles. The highest BCUT2D eigenvalue weighted by Crippen LogP contribution is 2.37. The van der Waals surface area contributed by atoms with Crippen LogP contribution in [0.1, 0.15) is 24.5 Å². The van der Waals surface area contributed by atoms with Crippen LogP contribution >= 0.6 is 0 Å². The van der Waals surface area contributed by atoms with Crippen LogP contribution in [0.2, 0.25) is 0 Å². The first-order chi connectivity index (χ1) is 10.4. The fourth-order valence-electron chi connectivity index (χ4n) is 2.96. The fourth-order valence-corrected chi connectivity index (χ4v) is 2.96. The van der Waals surface area contributed by atoms with Gasteiger partial charge in [-0.1, -0.05) is 12.1 Å². The Balaban J connectivity index is 1.79. The van der Waals surface area contributed by atoms with E-state index in [0.29, 0.717) is 0 Å². The second-order valence-electron chi connectivity index (χ2n) is 5.53. The molecule has 2 N–H and O–H groups in total. The molecule has 2 aliphatic rings. The molecule has 5 heteroatoms. The number of piperidine rings is 1. The Morgan fingerprint density at radius 1 is 1.19 bits per heavy atom. The van der Waals surface area contributed by atoms with Gasteiger partial charge in [0.05, 0.1) is 19.8 Å². The zero-order valence-corrected chi connectivity index (χ0v) is 12.6. The summed E-state index contributed by atoms with van der Waals surface area (Å²) in [6.45, 7) is 4.42. The largest absolute Gasteiger partial charge is 0.492 e. The second kappa shape index (κ2) is 7.11. The lowest BCUT2D eigenvalue weighted by Crippen LogP contribution is -2.37. The lowest BCUT2D eigenvalue weighted by Gasteiger charge is -2.28. The number of para-hydroxylation sites is 1. The van der Waals surface area contributed by atoms with Crippen LogP contribution in [0, 0.1) is 0 Å². The van der Waals surface area contributed by atoms with E-state index in [1.165, 1.54) is 0 Å². The van der Waals surface area contributed by atoms with E-state index in [1.54, 1.807) is 7.11 Å². The molecule has 0 bridgehead atoms. The first kappa shape index (κ1) is 14.6. The Bertz CT molecular complexity index is 455. The number of ether oxygens (including phenoxy) is 3. The van der Waals surface area contributed by atoms with Crippen molar-refractivity contribution in [3.63, 3.8) is 0 Å². The van der Waals surface area contributed by atoms with Crippen molar-refractivity contribution in [3.05, 3.63) is 23.8 Å². The Kier molecular flexibility index (Phi) is 4.95. The zero-order valence-electron chi connectivity index (χ0n) is 12.6. The van der Waals surface area contributed by atoms with E-state index in [4.69, 9.17) is 14.2 Å². The number of rotatable bonds is 4. The number of hydrogen-bond acceptors (Lipinski definition) is 5. The monoisotopic (exact) mass is 292 g/mol. The molecule has 5 nitrogen and oxygen atoms in total. The molecule has 3 rings (SSSR count). The van der Waals surface area contributed by atoms with Gasteiger partial charge in [0.15, 0.2) is 11.5 Å². The molecule has 0 aromatic heterocycles. The van der Waals surface area contributed by atoms with Gasteiger partial charge in [0.25, 0.3) is 0 Å². The van der Waals surface area contributed by atoms with Crippen molar-refractivity contribution in [2.45, 2.75) is 25.0 Å². The quantitative estimate of drug-likeness (QED) is 0.880.